The lowest BCUT2D eigenvalue weighted by atomic mass is 10.1. The zero-order valence-electron chi connectivity index (χ0n) is 11.6. The van der Waals surface area contributed by atoms with Gasteiger partial charge < -0.3 is 9.73 Å². The third kappa shape index (κ3) is 2.46. The maximum Gasteiger partial charge on any atom is 0.208 e. The van der Waals surface area contributed by atoms with Crippen LogP contribution in [0.4, 0.5) is 0 Å². The molecule has 0 fully saturated rings. The molecule has 2 rings (SSSR count). The van der Waals surface area contributed by atoms with E-state index in [1.807, 2.05) is 25.6 Å². The van der Waals surface area contributed by atoms with E-state index in [0.717, 1.165) is 17.3 Å². The Labute approximate surface area is 107 Å². The first kappa shape index (κ1) is 12.8. The lowest BCUT2D eigenvalue weighted by Gasteiger charge is -2.13. The summed E-state index contributed by atoms with van der Waals surface area (Å²) in [5.74, 6) is 1.56. The van der Waals surface area contributed by atoms with Crippen LogP contribution in [0.25, 0.3) is 0 Å². The molecule has 1 N–H and O–H groups in total. The van der Waals surface area contributed by atoms with Crippen molar-refractivity contribution in [2.24, 2.45) is 7.05 Å². The molecule has 5 nitrogen and oxygen atoms in total. The highest BCUT2D eigenvalue weighted by molar-refractivity contribution is 5.27. The van der Waals surface area contributed by atoms with E-state index in [1.165, 1.54) is 11.3 Å². The zero-order chi connectivity index (χ0) is 13.3. The zero-order valence-corrected chi connectivity index (χ0v) is 11.6. The van der Waals surface area contributed by atoms with E-state index in [1.54, 1.807) is 6.20 Å². The van der Waals surface area contributed by atoms with E-state index in [0.29, 0.717) is 6.54 Å². The van der Waals surface area contributed by atoms with Gasteiger partial charge in [0.1, 0.15) is 5.76 Å². The van der Waals surface area contributed by atoms with Crippen LogP contribution < -0.4 is 5.32 Å². The van der Waals surface area contributed by atoms with E-state index in [2.05, 4.69) is 29.2 Å². The van der Waals surface area contributed by atoms with Crippen LogP contribution in [0.1, 0.15) is 41.6 Å². The summed E-state index contributed by atoms with van der Waals surface area (Å²) < 4.78 is 7.36. The van der Waals surface area contributed by atoms with Gasteiger partial charge in [-0.25, -0.2) is 4.98 Å². The first-order valence-corrected chi connectivity index (χ1v) is 6.13. The average molecular weight is 248 g/mol. The average Bonchev–Trinajstić information content (AvgIpc) is 2.82. The maximum absolute atomic E-state index is 5.44. The van der Waals surface area contributed by atoms with Crippen molar-refractivity contribution >= 4 is 0 Å². The molecule has 98 valence electrons. The summed E-state index contributed by atoms with van der Waals surface area (Å²) in [6, 6.07) is 0.228. The molecular weight excluding hydrogens is 228 g/mol. The van der Waals surface area contributed by atoms with Crippen LogP contribution in [0.3, 0.4) is 0 Å². The smallest absolute Gasteiger partial charge is 0.208 e. The van der Waals surface area contributed by atoms with Gasteiger partial charge in [-0.15, -0.1) is 0 Å². The normalized spacial score (nSPS) is 12.9. The Morgan fingerprint density at radius 1 is 1.39 bits per heavy atom. The second-order valence-corrected chi connectivity index (χ2v) is 4.68. The molecule has 0 aromatic carbocycles. The summed E-state index contributed by atoms with van der Waals surface area (Å²) in [7, 11) is 1.97. The van der Waals surface area contributed by atoms with Crippen molar-refractivity contribution in [2.75, 3.05) is 0 Å². The van der Waals surface area contributed by atoms with Crippen LogP contribution in [-0.2, 0) is 13.6 Å². The molecule has 0 saturated heterocycles. The lowest BCUT2D eigenvalue weighted by Crippen LogP contribution is -2.19. The molecule has 0 aliphatic heterocycles. The Bertz CT molecular complexity index is 541. The summed E-state index contributed by atoms with van der Waals surface area (Å²) in [6.45, 7) is 8.78. The minimum absolute atomic E-state index is 0.228. The Kier molecular flexibility index (Phi) is 3.52. The van der Waals surface area contributed by atoms with Gasteiger partial charge in [0.05, 0.1) is 18.4 Å². The van der Waals surface area contributed by atoms with E-state index >= 15 is 0 Å². The molecule has 0 saturated carbocycles. The van der Waals surface area contributed by atoms with E-state index in [9.17, 15) is 0 Å². The fourth-order valence-corrected chi connectivity index (χ4v) is 2.24. The highest BCUT2D eigenvalue weighted by Gasteiger charge is 2.16. The SMILES string of the molecule is Cc1cnc(CNC(C)c2c(C)nn(C)c2C)o1. The monoisotopic (exact) mass is 248 g/mol. The summed E-state index contributed by atoms with van der Waals surface area (Å²) in [5, 5.41) is 7.84. The molecule has 2 aromatic heterocycles. The molecule has 18 heavy (non-hydrogen) atoms. The van der Waals surface area contributed by atoms with Crippen molar-refractivity contribution in [2.45, 2.75) is 40.3 Å². The molecule has 1 unspecified atom stereocenters. The number of hydrogen-bond acceptors (Lipinski definition) is 4. The molecule has 0 bridgehead atoms. The molecule has 1 atom stereocenters. The van der Waals surface area contributed by atoms with Crippen molar-refractivity contribution in [1.82, 2.24) is 20.1 Å². The van der Waals surface area contributed by atoms with Gasteiger partial charge in [0, 0.05) is 24.3 Å². The molecule has 0 spiro atoms. The molecule has 0 amide bonds. The molecule has 0 radical (unpaired) electrons. The van der Waals surface area contributed by atoms with Gasteiger partial charge in [-0.05, 0) is 27.7 Å². The largest absolute Gasteiger partial charge is 0.445 e. The van der Waals surface area contributed by atoms with Gasteiger partial charge in [-0.2, -0.15) is 5.10 Å². The summed E-state index contributed by atoms with van der Waals surface area (Å²) in [5.41, 5.74) is 3.51. The second kappa shape index (κ2) is 4.94. The van der Waals surface area contributed by atoms with Crippen LogP contribution in [-0.4, -0.2) is 14.8 Å². The van der Waals surface area contributed by atoms with Crippen LogP contribution >= 0.6 is 0 Å². The topological polar surface area (TPSA) is 55.9 Å². The van der Waals surface area contributed by atoms with Crippen molar-refractivity contribution in [3.8, 4) is 0 Å². The van der Waals surface area contributed by atoms with Gasteiger partial charge in [-0.3, -0.25) is 4.68 Å². The Balaban J connectivity index is 2.05. The summed E-state index contributed by atoms with van der Waals surface area (Å²) in [6.07, 6.45) is 1.74. The fraction of sp³-hybridized carbons (Fsp3) is 0.538. The number of rotatable bonds is 4. The minimum Gasteiger partial charge on any atom is -0.445 e. The number of aromatic nitrogens is 3. The molecule has 0 aliphatic carbocycles. The molecule has 0 aliphatic rings. The van der Waals surface area contributed by atoms with Gasteiger partial charge in [-0.1, -0.05) is 0 Å². The van der Waals surface area contributed by atoms with Crippen molar-refractivity contribution in [3.63, 3.8) is 0 Å². The third-order valence-corrected chi connectivity index (χ3v) is 3.23. The molecule has 2 aromatic rings. The quantitative estimate of drug-likeness (QED) is 0.901. The number of oxazole rings is 1. The fourth-order valence-electron chi connectivity index (χ4n) is 2.24. The summed E-state index contributed by atoms with van der Waals surface area (Å²) in [4.78, 5) is 4.18. The molecular formula is C13H20N4O. The van der Waals surface area contributed by atoms with E-state index < -0.39 is 0 Å². The standard InChI is InChI=1S/C13H20N4O/c1-8-6-15-12(18-8)7-14-9(2)13-10(3)16-17(5)11(13)4/h6,9,14H,7H2,1-5H3. The second-order valence-electron chi connectivity index (χ2n) is 4.68. The Morgan fingerprint density at radius 3 is 2.61 bits per heavy atom. The van der Waals surface area contributed by atoms with Gasteiger partial charge in [0.15, 0.2) is 0 Å². The van der Waals surface area contributed by atoms with Crippen molar-refractivity contribution in [3.05, 3.63) is 34.8 Å². The Morgan fingerprint density at radius 2 is 2.11 bits per heavy atom. The van der Waals surface area contributed by atoms with Gasteiger partial charge in [0.25, 0.3) is 0 Å². The van der Waals surface area contributed by atoms with Gasteiger partial charge >= 0.3 is 0 Å². The highest BCUT2D eigenvalue weighted by atomic mass is 16.4. The third-order valence-electron chi connectivity index (χ3n) is 3.23. The predicted octanol–water partition coefficient (Wildman–Crippen LogP) is 2.18. The maximum atomic E-state index is 5.44. The number of nitrogens with zero attached hydrogens (tertiary/aromatic N) is 3. The highest BCUT2D eigenvalue weighted by Crippen LogP contribution is 2.20. The van der Waals surface area contributed by atoms with Crippen LogP contribution in [0.2, 0.25) is 0 Å². The first-order chi connectivity index (χ1) is 8.49. The lowest BCUT2D eigenvalue weighted by molar-refractivity contribution is 0.431. The van der Waals surface area contributed by atoms with Crippen molar-refractivity contribution < 1.29 is 4.42 Å². The van der Waals surface area contributed by atoms with Crippen molar-refractivity contribution in [1.29, 1.82) is 0 Å². The minimum atomic E-state index is 0.228. The van der Waals surface area contributed by atoms with Crippen LogP contribution in [0.5, 0.6) is 0 Å². The first-order valence-electron chi connectivity index (χ1n) is 6.13. The van der Waals surface area contributed by atoms with E-state index in [-0.39, 0.29) is 6.04 Å². The molecule has 2 heterocycles. The summed E-state index contributed by atoms with van der Waals surface area (Å²) >= 11 is 0. The number of nitrogens with one attached hydrogen (secondary N) is 1. The van der Waals surface area contributed by atoms with E-state index in [4.69, 9.17) is 4.42 Å². The number of hydrogen-bond donors (Lipinski definition) is 1. The molecule has 5 heteroatoms. The van der Waals surface area contributed by atoms with Gasteiger partial charge in [0.2, 0.25) is 5.89 Å². The number of aryl methyl sites for hydroxylation is 3. The van der Waals surface area contributed by atoms with Crippen LogP contribution in [0.15, 0.2) is 10.6 Å². The van der Waals surface area contributed by atoms with Crippen LogP contribution in [0, 0.1) is 20.8 Å². The Hall–Kier alpha value is -1.62. The predicted molar refractivity (Wildman–Crippen MR) is 69.2 cm³/mol.